The van der Waals surface area contributed by atoms with Crippen molar-refractivity contribution in [1.82, 2.24) is 14.7 Å². The second-order valence-electron chi connectivity index (χ2n) is 10.5. The van der Waals surface area contributed by atoms with Crippen LogP contribution in [0.25, 0.3) is 0 Å². The molecule has 7 nitrogen and oxygen atoms in total. The first-order chi connectivity index (χ1) is 19.0. The Morgan fingerprint density at radius 2 is 1.69 bits per heavy atom. The van der Waals surface area contributed by atoms with E-state index in [0.717, 1.165) is 30.8 Å². The first-order valence-electron chi connectivity index (χ1n) is 13.7. The maximum absolute atomic E-state index is 13.8. The zero-order valence-corrected chi connectivity index (χ0v) is 22.4. The SMILES string of the molecule is Cc1ccc(CN(Cc2ccc(F)cc2)C(=O)CN(CCN2CCOCC2)C(=O)C2CC2c2ccccc2)o1. The molecule has 1 aromatic heterocycles. The van der Waals surface area contributed by atoms with E-state index in [4.69, 9.17) is 9.15 Å². The summed E-state index contributed by atoms with van der Waals surface area (Å²) in [7, 11) is 0. The summed E-state index contributed by atoms with van der Waals surface area (Å²) >= 11 is 0. The van der Waals surface area contributed by atoms with Gasteiger partial charge in [-0.3, -0.25) is 14.5 Å². The lowest BCUT2D eigenvalue weighted by atomic mass is 10.1. The van der Waals surface area contributed by atoms with Crippen molar-refractivity contribution < 1.29 is 23.1 Å². The van der Waals surface area contributed by atoms with Crippen LogP contribution in [0.5, 0.6) is 0 Å². The fraction of sp³-hybridized carbons (Fsp3) is 0.419. The van der Waals surface area contributed by atoms with Crippen LogP contribution in [0.4, 0.5) is 4.39 Å². The van der Waals surface area contributed by atoms with Gasteiger partial charge in [0.25, 0.3) is 0 Å². The number of hydrogen-bond donors (Lipinski definition) is 0. The Morgan fingerprint density at radius 3 is 2.38 bits per heavy atom. The summed E-state index contributed by atoms with van der Waals surface area (Å²) in [6.07, 6.45) is 0.802. The molecule has 3 aromatic rings. The van der Waals surface area contributed by atoms with E-state index in [9.17, 15) is 14.0 Å². The van der Waals surface area contributed by atoms with Gasteiger partial charge in [-0.25, -0.2) is 4.39 Å². The van der Waals surface area contributed by atoms with E-state index in [-0.39, 0.29) is 42.6 Å². The molecule has 2 fully saturated rings. The van der Waals surface area contributed by atoms with Gasteiger partial charge in [0, 0.05) is 38.6 Å². The van der Waals surface area contributed by atoms with Gasteiger partial charge in [0.15, 0.2) is 0 Å². The monoisotopic (exact) mass is 533 g/mol. The number of benzene rings is 2. The molecule has 0 bridgehead atoms. The maximum atomic E-state index is 13.8. The summed E-state index contributed by atoms with van der Waals surface area (Å²) < 4.78 is 24.7. The molecule has 1 saturated heterocycles. The minimum atomic E-state index is -0.324. The quantitative estimate of drug-likeness (QED) is 0.369. The number of furan rings is 1. The zero-order valence-electron chi connectivity index (χ0n) is 22.4. The molecule has 2 atom stereocenters. The molecule has 39 heavy (non-hydrogen) atoms. The minimum absolute atomic E-state index is 0.0118. The Bertz CT molecular complexity index is 1240. The van der Waals surface area contributed by atoms with E-state index in [1.54, 1.807) is 21.9 Å². The van der Waals surface area contributed by atoms with E-state index in [0.29, 0.717) is 38.6 Å². The van der Waals surface area contributed by atoms with Crippen molar-refractivity contribution >= 4 is 11.8 Å². The van der Waals surface area contributed by atoms with Crippen LogP contribution in [0, 0.1) is 18.7 Å². The standard InChI is InChI=1S/C31H36FN3O4/c1-23-7-12-27(39-23)21-35(20-24-8-10-26(32)11-9-24)30(36)22-34(14-13-33-15-17-38-18-16-33)31(37)29-19-28(29)25-5-3-2-4-6-25/h2-12,28-29H,13-22H2,1H3. The Balaban J connectivity index is 1.31. The van der Waals surface area contributed by atoms with Crippen LogP contribution in [-0.4, -0.2) is 72.5 Å². The number of morpholine rings is 1. The van der Waals surface area contributed by atoms with Crippen molar-refractivity contribution in [3.8, 4) is 0 Å². The van der Waals surface area contributed by atoms with Crippen molar-refractivity contribution in [2.24, 2.45) is 5.92 Å². The molecule has 2 heterocycles. The molecule has 206 valence electrons. The number of nitrogens with zero attached hydrogens (tertiary/aromatic N) is 3. The van der Waals surface area contributed by atoms with Gasteiger partial charge in [-0.1, -0.05) is 42.5 Å². The molecule has 1 aliphatic heterocycles. The second kappa shape index (κ2) is 12.6. The van der Waals surface area contributed by atoms with Gasteiger partial charge in [0.2, 0.25) is 11.8 Å². The summed E-state index contributed by atoms with van der Waals surface area (Å²) in [5.74, 6) is 1.06. The molecule has 0 spiro atoms. The average Bonchev–Trinajstić information content (AvgIpc) is 3.66. The Kier molecular flexibility index (Phi) is 8.74. The molecule has 2 amide bonds. The predicted octanol–water partition coefficient (Wildman–Crippen LogP) is 4.22. The lowest BCUT2D eigenvalue weighted by Gasteiger charge is -2.31. The molecule has 8 heteroatoms. The maximum Gasteiger partial charge on any atom is 0.242 e. The topological polar surface area (TPSA) is 66.2 Å². The second-order valence-corrected chi connectivity index (χ2v) is 10.5. The van der Waals surface area contributed by atoms with E-state index in [1.807, 2.05) is 37.3 Å². The van der Waals surface area contributed by atoms with Crippen LogP contribution in [-0.2, 0) is 27.4 Å². The third-order valence-electron chi connectivity index (χ3n) is 7.55. The van der Waals surface area contributed by atoms with E-state index in [1.165, 1.54) is 17.7 Å². The molecule has 1 aliphatic carbocycles. The van der Waals surface area contributed by atoms with Crippen LogP contribution in [0.3, 0.4) is 0 Å². The van der Waals surface area contributed by atoms with Crippen LogP contribution in [0.2, 0.25) is 0 Å². The summed E-state index contributed by atoms with van der Waals surface area (Å²) in [5, 5.41) is 0. The van der Waals surface area contributed by atoms with Crippen LogP contribution in [0.15, 0.2) is 71.1 Å². The van der Waals surface area contributed by atoms with Crippen molar-refractivity contribution in [3.63, 3.8) is 0 Å². The first-order valence-corrected chi connectivity index (χ1v) is 13.7. The number of amides is 2. The van der Waals surface area contributed by atoms with Gasteiger partial charge in [-0.15, -0.1) is 0 Å². The van der Waals surface area contributed by atoms with Gasteiger partial charge in [-0.05, 0) is 54.7 Å². The molecule has 1 saturated carbocycles. The lowest BCUT2D eigenvalue weighted by Crippen LogP contribution is -2.47. The highest BCUT2D eigenvalue weighted by molar-refractivity contribution is 5.88. The molecule has 2 unspecified atom stereocenters. The highest BCUT2D eigenvalue weighted by Gasteiger charge is 2.46. The van der Waals surface area contributed by atoms with E-state index >= 15 is 0 Å². The number of aryl methyl sites for hydroxylation is 1. The number of halogens is 1. The molecular weight excluding hydrogens is 497 g/mol. The molecule has 2 aliphatic rings. The van der Waals surface area contributed by atoms with Gasteiger partial charge < -0.3 is 19.0 Å². The smallest absolute Gasteiger partial charge is 0.242 e. The van der Waals surface area contributed by atoms with Crippen LogP contribution < -0.4 is 0 Å². The van der Waals surface area contributed by atoms with Gasteiger partial charge in [-0.2, -0.15) is 0 Å². The van der Waals surface area contributed by atoms with Crippen molar-refractivity contribution in [1.29, 1.82) is 0 Å². The number of ether oxygens (including phenoxy) is 1. The highest BCUT2D eigenvalue weighted by atomic mass is 19.1. The van der Waals surface area contributed by atoms with Crippen LogP contribution in [0.1, 0.15) is 35.0 Å². The predicted molar refractivity (Wildman–Crippen MR) is 145 cm³/mol. The number of hydrogen-bond acceptors (Lipinski definition) is 5. The van der Waals surface area contributed by atoms with Gasteiger partial charge >= 0.3 is 0 Å². The average molecular weight is 534 g/mol. The molecule has 5 rings (SSSR count). The third-order valence-corrected chi connectivity index (χ3v) is 7.55. The fourth-order valence-electron chi connectivity index (χ4n) is 5.19. The largest absolute Gasteiger partial charge is 0.464 e. The number of carbonyl (C=O) groups is 2. The van der Waals surface area contributed by atoms with Crippen molar-refractivity contribution in [2.75, 3.05) is 45.9 Å². The van der Waals surface area contributed by atoms with Gasteiger partial charge in [0.1, 0.15) is 17.3 Å². The van der Waals surface area contributed by atoms with E-state index in [2.05, 4.69) is 17.0 Å². The Labute approximate surface area is 229 Å². The summed E-state index contributed by atoms with van der Waals surface area (Å²) in [6.45, 7) is 6.59. The molecule has 0 N–H and O–H groups in total. The third kappa shape index (κ3) is 7.34. The van der Waals surface area contributed by atoms with E-state index < -0.39 is 0 Å². The fourth-order valence-corrected chi connectivity index (χ4v) is 5.19. The number of carbonyl (C=O) groups excluding carboxylic acids is 2. The van der Waals surface area contributed by atoms with Gasteiger partial charge in [0.05, 0.1) is 26.3 Å². The molecule has 0 radical (unpaired) electrons. The van der Waals surface area contributed by atoms with Crippen LogP contribution >= 0.6 is 0 Å². The summed E-state index contributed by atoms with van der Waals surface area (Å²) in [4.78, 5) is 33.2. The molecular formula is C31H36FN3O4. The zero-order chi connectivity index (χ0) is 27.2. The van der Waals surface area contributed by atoms with Crippen molar-refractivity contribution in [2.45, 2.75) is 32.4 Å². The molecule has 2 aromatic carbocycles. The summed E-state index contributed by atoms with van der Waals surface area (Å²) in [5.41, 5.74) is 1.98. The first kappa shape index (κ1) is 27.1. The number of rotatable bonds is 11. The van der Waals surface area contributed by atoms with Crippen molar-refractivity contribution in [3.05, 3.63) is 95.2 Å². The Hall–Kier alpha value is -3.49. The summed E-state index contributed by atoms with van der Waals surface area (Å²) in [6, 6.07) is 20.0. The Morgan fingerprint density at radius 1 is 0.949 bits per heavy atom. The lowest BCUT2D eigenvalue weighted by molar-refractivity contribution is -0.142. The minimum Gasteiger partial charge on any atom is -0.464 e. The highest BCUT2D eigenvalue weighted by Crippen LogP contribution is 2.48. The normalized spacial score (nSPS) is 19.0.